The van der Waals surface area contributed by atoms with E-state index in [1.54, 1.807) is 0 Å². The first-order valence-corrected chi connectivity index (χ1v) is 3.40. The standard InChI is InChI=1S/C8H11N2.W/c1-3-9-8-4-5-10-7(2)6-8;/h4,6H,3H2,1-2H3,(H,9,10);/q-1;. The normalized spacial score (nSPS) is 10.9. The van der Waals surface area contributed by atoms with E-state index in [0.717, 1.165) is 17.6 Å². The number of aromatic amines is 1. The Labute approximate surface area is 81.0 Å². The fourth-order valence-electron chi connectivity index (χ4n) is 0.797. The molecule has 0 spiro atoms. The average molecular weight is 319 g/mol. The smallest absolute Gasteiger partial charge is 0.0226 e. The summed E-state index contributed by atoms with van der Waals surface area (Å²) in [6.45, 7) is 4.84. The number of pyridine rings is 1. The van der Waals surface area contributed by atoms with Crippen LogP contribution in [0.5, 0.6) is 0 Å². The molecule has 1 rings (SSSR count). The van der Waals surface area contributed by atoms with Gasteiger partial charge in [-0.05, 0) is 6.92 Å². The predicted octanol–water partition coefficient (Wildman–Crippen LogP) is 1.04. The van der Waals surface area contributed by atoms with Crippen LogP contribution in [0.25, 0.3) is 0 Å². The number of aromatic nitrogens is 1. The molecule has 1 aromatic rings. The maximum atomic E-state index is 4.22. The molecule has 3 heteroatoms. The number of rotatable bonds is 1. The van der Waals surface area contributed by atoms with Gasteiger partial charge in [0.05, 0.1) is 0 Å². The predicted molar refractivity (Wildman–Crippen MR) is 40.5 cm³/mol. The fourth-order valence-corrected chi connectivity index (χ4v) is 0.797. The molecular weight excluding hydrogens is 308 g/mol. The summed E-state index contributed by atoms with van der Waals surface area (Å²) in [7, 11) is 0. The van der Waals surface area contributed by atoms with Crippen molar-refractivity contribution in [2.45, 2.75) is 13.8 Å². The van der Waals surface area contributed by atoms with E-state index in [9.17, 15) is 0 Å². The van der Waals surface area contributed by atoms with E-state index < -0.39 is 0 Å². The van der Waals surface area contributed by atoms with Gasteiger partial charge in [0, 0.05) is 27.6 Å². The summed E-state index contributed by atoms with van der Waals surface area (Å²) in [4.78, 5) is 7.16. The van der Waals surface area contributed by atoms with Gasteiger partial charge in [0.1, 0.15) is 0 Å². The van der Waals surface area contributed by atoms with Gasteiger partial charge in [0.15, 0.2) is 0 Å². The van der Waals surface area contributed by atoms with Crippen molar-refractivity contribution in [1.82, 2.24) is 4.98 Å². The molecule has 0 atom stereocenters. The minimum atomic E-state index is 0. The summed E-state index contributed by atoms with van der Waals surface area (Å²) in [6, 6.07) is 3.84. The van der Waals surface area contributed by atoms with Gasteiger partial charge in [-0.3, -0.25) is 0 Å². The first-order valence-electron chi connectivity index (χ1n) is 3.40. The Balaban J connectivity index is 0.000001000. The van der Waals surface area contributed by atoms with Crippen LogP contribution >= 0.6 is 0 Å². The second-order valence-corrected chi connectivity index (χ2v) is 2.14. The SMILES string of the molecule is CCN=c1c[c-][nH]c(C)c1.[W]. The number of nitrogens with one attached hydrogen (secondary N) is 1. The number of nitrogens with zero attached hydrogens (tertiary/aromatic N) is 1. The molecule has 0 radical (unpaired) electrons. The maximum Gasteiger partial charge on any atom is 0.0226 e. The molecule has 1 heterocycles. The average Bonchev–Trinajstić information content (AvgIpc) is 1.88. The quantitative estimate of drug-likeness (QED) is 0.750. The molecule has 11 heavy (non-hydrogen) atoms. The summed E-state index contributed by atoms with van der Waals surface area (Å²) in [6.07, 6.45) is 2.90. The molecule has 0 amide bonds. The van der Waals surface area contributed by atoms with Crippen molar-refractivity contribution >= 4 is 0 Å². The molecular formula is C8H11N2W-. The van der Waals surface area contributed by atoms with E-state index in [1.807, 2.05) is 26.0 Å². The summed E-state index contributed by atoms with van der Waals surface area (Å²) in [5, 5.41) is 0.999. The second kappa shape index (κ2) is 5.31. The second-order valence-electron chi connectivity index (χ2n) is 2.14. The maximum absolute atomic E-state index is 4.22. The van der Waals surface area contributed by atoms with Crippen LogP contribution in [0.2, 0.25) is 0 Å². The summed E-state index contributed by atoms with van der Waals surface area (Å²) in [5.41, 5.74) is 1.09. The van der Waals surface area contributed by atoms with E-state index in [-0.39, 0.29) is 21.1 Å². The van der Waals surface area contributed by atoms with Crippen molar-refractivity contribution < 1.29 is 21.1 Å². The van der Waals surface area contributed by atoms with Gasteiger partial charge in [-0.2, -0.15) is 0 Å². The Hall–Kier alpha value is -0.362. The van der Waals surface area contributed by atoms with Gasteiger partial charge in [-0.15, -0.1) is 18.3 Å². The van der Waals surface area contributed by atoms with Crippen molar-refractivity contribution in [3.8, 4) is 0 Å². The number of hydrogen-bond donors (Lipinski definition) is 1. The molecule has 0 aliphatic rings. The van der Waals surface area contributed by atoms with Gasteiger partial charge < -0.3 is 9.98 Å². The fraction of sp³-hybridized carbons (Fsp3) is 0.375. The Morgan fingerprint density at radius 1 is 1.64 bits per heavy atom. The molecule has 0 aliphatic carbocycles. The summed E-state index contributed by atoms with van der Waals surface area (Å²) >= 11 is 0. The van der Waals surface area contributed by atoms with E-state index in [2.05, 4.69) is 16.2 Å². The van der Waals surface area contributed by atoms with Gasteiger partial charge in [-0.25, -0.2) is 0 Å². The van der Waals surface area contributed by atoms with Crippen LogP contribution in [0, 0.1) is 13.1 Å². The largest absolute Gasteiger partial charge is 0.472 e. The van der Waals surface area contributed by atoms with Crippen molar-refractivity contribution in [3.63, 3.8) is 0 Å². The van der Waals surface area contributed by atoms with Crippen molar-refractivity contribution in [2.75, 3.05) is 6.54 Å². The summed E-state index contributed by atoms with van der Waals surface area (Å²) in [5.74, 6) is 0. The van der Waals surface area contributed by atoms with Crippen LogP contribution in [0.4, 0.5) is 0 Å². The molecule has 1 aromatic heterocycles. The number of hydrogen-bond acceptors (Lipinski definition) is 1. The molecule has 0 saturated carbocycles. The van der Waals surface area contributed by atoms with Crippen molar-refractivity contribution in [1.29, 1.82) is 0 Å². The molecule has 0 bridgehead atoms. The van der Waals surface area contributed by atoms with Crippen LogP contribution in [-0.2, 0) is 21.1 Å². The minimum absolute atomic E-state index is 0. The zero-order chi connectivity index (χ0) is 7.40. The third-order valence-corrected chi connectivity index (χ3v) is 1.19. The molecule has 0 saturated heterocycles. The number of aryl methyl sites for hydroxylation is 1. The molecule has 0 aromatic carbocycles. The first kappa shape index (κ1) is 10.6. The van der Waals surface area contributed by atoms with Crippen molar-refractivity contribution in [3.05, 3.63) is 29.4 Å². The molecule has 1 N–H and O–H groups in total. The van der Waals surface area contributed by atoms with Crippen LogP contribution in [0.15, 0.2) is 17.1 Å². The van der Waals surface area contributed by atoms with E-state index in [0.29, 0.717) is 0 Å². The molecule has 0 unspecified atom stereocenters. The van der Waals surface area contributed by atoms with E-state index in [4.69, 9.17) is 0 Å². The minimum Gasteiger partial charge on any atom is -0.472 e. The third kappa shape index (κ3) is 3.52. The number of H-pyrrole nitrogens is 1. The Kier molecular flexibility index (Phi) is 5.14. The van der Waals surface area contributed by atoms with Crippen molar-refractivity contribution in [2.24, 2.45) is 4.99 Å². The monoisotopic (exact) mass is 319 g/mol. The van der Waals surface area contributed by atoms with Crippen LogP contribution in [0.3, 0.4) is 0 Å². The van der Waals surface area contributed by atoms with Gasteiger partial charge >= 0.3 is 0 Å². The first-order chi connectivity index (χ1) is 4.83. The van der Waals surface area contributed by atoms with Crippen LogP contribution in [0.1, 0.15) is 12.6 Å². The Bertz CT molecular complexity index is 265. The van der Waals surface area contributed by atoms with Gasteiger partial charge in [-0.1, -0.05) is 18.0 Å². The summed E-state index contributed by atoms with van der Waals surface area (Å²) < 4.78 is 0. The molecule has 60 valence electrons. The zero-order valence-electron chi connectivity index (χ0n) is 6.72. The van der Waals surface area contributed by atoms with Crippen LogP contribution in [-0.4, -0.2) is 11.5 Å². The molecule has 0 aliphatic heterocycles. The van der Waals surface area contributed by atoms with E-state index in [1.165, 1.54) is 0 Å². The third-order valence-electron chi connectivity index (χ3n) is 1.19. The zero-order valence-corrected chi connectivity index (χ0v) is 9.65. The van der Waals surface area contributed by atoms with Gasteiger partial charge in [0.25, 0.3) is 0 Å². The van der Waals surface area contributed by atoms with Gasteiger partial charge in [0.2, 0.25) is 0 Å². The Morgan fingerprint density at radius 3 is 2.91 bits per heavy atom. The Morgan fingerprint density at radius 2 is 2.36 bits per heavy atom. The van der Waals surface area contributed by atoms with E-state index >= 15 is 0 Å². The van der Waals surface area contributed by atoms with Crippen LogP contribution < -0.4 is 5.36 Å². The molecule has 2 nitrogen and oxygen atoms in total. The topological polar surface area (TPSA) is 28.1 Å². The molecule has 0 fully saturated rings.